The molecule has 1 aromatic carbocycles. The van der Waals surface area contributed by atoms with E-state index in [9.17, 15) is 0 Å². The first-order chi connectivity index (χ1) is 11.7. The molecule has 0 saturated heterocycles. The molecule has 118 valence electrons. The first-order valence-electron chi connectivity index (χ1n) is 7.68. The first-order valence-corrected chi connectivity index (χ1v) is 8.50. The van der Waals surface area contributed by atoms with Gasteiger partial charge in [0.1, 0.15) is 5.69 Å². The summed E-state index contributed by atoms with van der Waals surface area (Å²) in [7, 11) is 3.97. The molecule has 5 heteroatoms. The van der Waals surface area contributed by atoms with E-state index in [1.54, 1.807) is 11.3 Å². The van der Waals surface area contributed by atoms with Crippen LogP contribution in [0.5, 0.6) is 0 Å². The van der Waals surface area contributed by atoms with Gasteiger partial charge in [-0.15, -0.1) is 21.5 Å². The number of hydrogen-bond donors (Lipinski definition) is 0. The lowest BCUT2D eigenvalue weighted by Crippen LogP contribution is -2.12. The lowest BCUT2D eigenvalue weighted by Gasteiger charge is -2.14. The summed E-state index contributed by atoms with van der Waals surface area (Å²) in [5.74, 6) is 0.885. The summed E-state index contributed by atoms with van der Waals surface area (Å²) in [6.45, 7) is 0. The van der Waals surface area contributed by atoms with Crippen molar-refractivity contribution in [1.29, 1.82) is 0 Å². The van der Waals surface area contributed by atoms with Crippen LogP contribution in [0.25, 0.3) is 31.9 Å². The first kappa shape index (κ1) is 14.8. The topological polar surface area (TPSA) is 41.9 Å². The number of anilines is 1. The van der Waals surface area contributed by atoms with Gasteiger partial charge >= 0.3 is 0 Å². The van der Waals surface area contributed by atoms with Crippen LogP contribution >= 0.6 is 11.3 Å². The highest BCUT2D eigenvalue weighted by molar-refractivity contribution is 7.18. The van der Waals surface area contributed by atoms with Crippen molar-refractivity contribution < 1.29 is 0 Å². The van der Waals surface area contributed by atoms with Crippen molar-refractivity contribution >= 4 is 27.9 Å². The molecule has 0 N–H and O–H groups in total. The Bertz CT molecular complexity index is 993. The van der Waals surface area contributed by atoms with E-state index in [-0.39, 0.29) is 0 Å². The molecule has 0 aliphatic carbocycles. The van der Waals surface area contributed by atoms with Gasteiger partial charge in [0.05, 0.1) is 15.4 Å². The molecule has 0 fully saturated rings. The van der Waals surface area contributed by atoms with Crippen molar-refractivity contribution in [1.82, 2.24) is 15.2 Å². The summed E-state index contributed by atoms with van der Waals surface area (Å²) in [5.41, 5.74) is 1.90. The fourth-order valence-electron chi connectivity index (χ4n) is 2.71. The quantitative estimate of drug-likeness (QED) is 0.554. The molecule has 0 aliphatic rings. The van der Waals surface area contributed by atoms with Gasteiger partial charge in [-0.2, -0.15) is 0 Å². The van der Waals surface area contributed by atoms with E-state index in [0.717, 1.165) is 37.7 Å². The van der Waals surface area contributed by atoms with Crippen LogP contribution in [0, 0.1) is 0 Å². The molecule has 0 spiro atoms. The lowest BCUT2D eigenvalue weighted by molar-refractivity contribution is 0.986. The van der Waals surface area contributed by atoms with Crippen molar-refractivity contribution in [3.63, 3.8) is 0 Å². The molecular weight excluding hydrogens is 316 g/mol. The van der Waals surface area contributed by atoms with Crippen LogP contribution in [0.4, 0.5) is 5.82 Å². The van der Waals surface area contributed by atoms with Crippen LogP contribution in [-0.4, -0.2) is 29.3 Å². The molecule has 0 radical (unpaired) electrons. The third-order valence-electron chi connectivity index (χ3n) is 3.85. The van der Waals surface area contributed by atoms with Gasteiger partial charge in [0.25, 0.3) is 0 Å². The molecule has 4 rings (SSSR count). The van der Waals surface area contributed by atoms with Crippen LogP contribution in [0.1, 0.15) is 0 Å². The molecule has 0 amide bonds. The average Bonchev–Trinajstić information content (AvgIpc) is 3.11. The van der Waals surface area contributed by atoms with Gasteiger partial charge in [0.15, 0.2) is 5.82 Å². The van der Waals surface area contributed by atoms with Crippen LogP contribution < -0.4 is 4.90 Å². The van der Waals surface area contributed by atoms with Crippen LogP contribution in [0.15, 0.2) is 60.8 Å². The summed E-state index contributed by atoms with van der Waals surface area (Å²) in [5, 5.41) is 11.2. The van der Waals surface area contributed by atoms with Gasteiger partial charge in [-0.3, -0.25) is 4.98 Å². The second-order valence-electron chi connectivity index (χ2n) is 5.69. The maximum Gasteiger partial charge on any atom is 0.158 e. The van der Waals surface area contributed by atoms with Crippen molar-refractivity contribution in [3.05, 3.63) is 60.8 Å². The van der Waals surface area contributed by atoms with E-state index in [2.05, 4.69) is 39.4 Å². The number of benzene rings is 1. The van der Waals surface area contributed by atoms with E-state index >= 15 is 0 Å². The Hall–Kier alpha value is -2.79. The van der Waals surface area contributed by atoms with Gasteiger partial charge in [-0.05, 0) is 24.3 Å². The van der Waals surface area contributed by atoms with Crippen molar-refractivity contribution in [2.45, 2.75) is 0 Å². The van der Waals surface area contributed by atoms with Gasteiger partial charge < -0.3 is 4.90 Å². The molecule has 4 nitrogen and oxygen atoms in total. The highest BCUT2D eigenvalue weighted by atomic mass is 32.1. The third kappa shape index (κ3) is 2.53. The van der Waals surface area contributed by atoms with Gasteiger partial charge in [0, 0.05) is 31.1 Å². The highest BCUT2D eigenvalue weighted by Crippen LogP contribution is 2.37. The van der Waals surface area contributed by atoms with Crippen molar-refractivity contribution in [2.75, 3.05) is 19.0 Å². The summed E-state index contributed by atoms with van der Waals surface area (Å²) in [6, 6.07) is 18.4. The Morgan fingerprint density at radius 3 is 2.29 bits per heavy atom. The molecule has 0 atom stereocenters. The zero-order chi connectivity index (χ0) is 16.5. The number of aromatic nitrogens is 3. The predicted octanol–water partition coefficient (Wildman–Crippen LogP) is 4.49. The summed E-state index contributed by atoms with van der Waals surface area (Å²) < 4.78 is 0. The highest BCUT2D eigenvalue weighted by Gasteiger charge is 2.14. The molecule has 3 heterocycles. The molecule has 0 saturated carbocycles. The van der Waals surface area contributed by atoms with E-state index < -0.39 is 0 Å². The van der Waals surface area contributed by atoms with E-state index in [1.807, 2.05) is 55.5 Å². The molecule has 3 aromatic heterocycles. The fraction of sp³-hybridized carbons (Fsp3) is 0.105. The number of thiophene rings is 1. The van der Waals surface area contributed by atoms with Crippen molar-refractivity contribution in [3.8, 4) is 21.1 Å². The molecule has 0 aliphatic heterocycles. The number of hydrogen-bond acceptors (Lipinski definition) is 5. The van der Waals surface area contributed by atoms with Gasteiger partial charge in [-0.1, -0.05) is 30.3 Å². The minimum atomic E-state index is 0.885. The number of pyridine rings is 1. The van der Waals surface area contributed by atoms with E-state index in [1.165, 1.54) is 0 Å². The maximum atomic E-state index is 4.50. The number of rotatable bonds is 3. The van der Waals surface area contributed by atoms with Crippen LogP contribution in [-0.2, 0) is 0 Å². The number of nitrogens with zero attached hydrogens (tertiary/aromatic N) is 4. The molecule has 4 aromatic rings. The Balaban J connectivity index is 1.86. The van der Waals surface area contributed by atoms with Gasteiger partial charge in [0.2, 0.25) is 0 Å². The number of fused-ring (bicyclic) bond motifs is 1. The average molecular weight is 332 g/mol. The Labute approximate surface area is 144 Å². The second kappa shape index (κ2) is 6.02. The zero-order valence-corrected chi connectivity index (χ0v) is 14.3. The predicted molar refractivity (Wildman–Crippen MR) is 100 cm³/mol. The van der Waals surface area contributed by atoms with E-state index in [4.69, 9.17) is 0 Å². The van der Waals surface area contributed by atoms with Crippen LogP contribution in [0.2, 0.25) is 0 Å². The Morgan fingerprint density at radius 1 is 0.792 bits per heavy atom. The molecule has 0 unspecified atom stereocenters. The normalized spacial score (nSPS) is 10.9. The summed E-state index contributed by atoms with van der Waals surface area (Å²) >= 11 is 1.69. The Kier molecular flexibility index (Phi) is 3.70. The molecular formula is C19H16N4S. The second-order valence-corrected chi connectivity index (χ2v) is 6.77. The molecule has 24 heavy (non-hydrogen) atoms. The fourth-order valence-corrected chi connectivity index (χ4v) is 3.70. The standard InChI is InChI=1S/C19H16N4S/c1-23(2)19-14-8-4-3-7-13(14)18(21-22-19)17-11-10-16(24-17)15-9-5-6-12-20-15/h3-12H,1-2H3. The monoisotopic (exact) mass is 332 g/mol. The zero-order valence-electron chi connectivity index (χ0n) is 13.5. The summed E-state index contributed by atoms with van der Waals surface area (Å²) in [4.78, 5) is 8.65. The smallest absolute Gasteiger partial charge is 0.158 e. The maximum absolute atomic E-state index is 4.50. The Morgan fingerprint density at radius 2 is 1.54 bits per heavy atom. The molecule has 0 bridgehead atoms. The SMILES string of the molecule is CN(C)c1nnc(-c2ccc(-c3ccccn3)s2)c2ccccc12. The minimum absolute atomic E-state index is 0.885. The minimum Gasteiger partial charge on any atom is -0.361 e. The third-order valence-corrected chi connectivity index (χ3v) is 4.96. The van der Waals surface area contributed by atoms with E-state index in [0.29, 0.717) is 0 Å². The largest absolute Gasteiger partial charge is 0.361 e. The van der Waals surface area contributed by atoms with Crippen molar-refractivity contribution in [2.24, 2.45) is 0 Å². The lowest BCUT2D eigenvalue weighted by atomic mass is 10.1. The van der Waals surface area contributed by atoms with Crippen LogP contribution in [0.3, 0.4) is 0 Å². The van der Waals surface area contributed by atoms with Gasteiger partial charge in [-0.25, -0.2) is 0 Å². The summed E-state index contributed by atoms with van der Waals surface area (Å²) in [6.07, 6.45) is 1.82.